The molecule has 0 bridgehead atoms. The molecule has 0 spiro atoms. The van der Waals surface area contributed by atoms with Crippen LogP contribution in [0, 0.1) is 0 Å². The lowest BCUT2D eigenvalue weighted by molar-refractivity contribution is 0.917. The lowest BCUT2D eigenvalue weighted by Gasteiger charge is -2.02. The van der Waals surface area contributed by atoms with Gasteiger partial charge in [-0.1, -0.05) is 0 Å². The van der Waals surface area contributed by atoms with Gasteiger partial charge in [-0.05, 0) is 12.1 Å². The molecule has 0 saturated carbocycles. The SMILES string of the molecule is NCC(S)c1ccc[nH]1. The number of hydrogen-bond donors (Lipinski definition) is 3. The van der Waals surface area contributed by atoms with E-state index in [9.17, 15) is 0 Å². The van der Waals surface area contributed by atoms with E-state index in [4.69, 9.17) is 5.73 Å². The summed E-state index contributed by atoms with van der Waals surface area (Å²) in [6.07, 6.45) is 1.87. The van der Waals surface area contributed by atoms with E-state index in [-0.39, 0.29) is 5.25 Å². The number of nitrogens with one attached hydrogen (secondary N) is 1. The van der Waals surface area contributed by atoms with Gasteiger partial charge in [0.25, 0.3) is 0 Å². The van der Waals surface area contributed by atoms with Gasteiger partial charge < -0.3 is 10.7 Å². The molecule has 1 heterocycles. The van der Waals surface area contributed by atoms with Gasteiger partial charge in [-0.25, -0.2) is 0 Å². The highest BCUT2D eigenvalue weighted by Crippen LogP contribution is 2.14. The van der Waals surface area contributed by atoms with Crippen molar-refractivity contribution in [2.24, 2.45) is 5.73 Å². The molecular weight excluding hydrogens is 132 g/mol. The average Bonchev–Trinajstić information content (AvgIpc) is 2.37. The molecule has 1 aromatic rings. The number of hydrogen-bond acceptors (Lipinski definition) is 2. The van der Waals surface area contributed by atoms with Crippen LogP contribution in [0.15, 0.2) is 18.3 Å². The van der Waals surface area contributed by atoms with E-state index in [0.29, 0.717) is 6.54 Å². The van der Waals surface area contributed by atoms with Gasteiger partial charge in [0, 0.05) is 18.4 Å². The first-order valence-electron chi connectivity index (χ1n) is 2.86. The van der Waals surface area contributed by atoms with E-state index in [2.05, 4.69) is 17.6 Å². The molecule has 0 aliphatic carbocycles. The summed E-state index contributed by atoms with van der Waals surface area (Å²) in [5.74, 6) is 0. The van der Waals surface area contributed by atoms with Gasteiger partial charge in [0.2, 0.25) is 0 Å². The molecule has 2 nitrogen and oxygen atoms in total. The van der Waals surface area contributed by atoms with Gasteiger partial charge in [-0.2, -0.15) is 12.6 Å². The summed E-state index contributed by atoms with van der Waals surface area (Å²) >= 11 is 4.23. The number of aromatic nitrogens is 1. The van der Waals surface area contributed by atoms with Crippen molar-refractivity contribution in [3.63, 3.8) is 0 Å². The van der Waals surface area contributed by atoms with E-state index in [1.54, 1.807) is 0 Å². The maximum atomic E-state index is 5.37. The Hall–Kier alpha value is -0.410. The quantitative estimate of drug-likeness (QED) is 0.529. The number of thiol groups is 1. The fraction of sp³-hybridized carbons (Fsp3) is 0.333. The van der Waals surface area contributed by atoms with Crippen molar-refractivity contribution in [2.45, 2.75) is 5.25 Å². The summed E-state index contributed by atoms with van der Waals surface area (Å²) in [4.78, 5) is 3.03. The van der Waals surface area contributed by atoms with Gasteiger partial charge in [0.1, 0.15) is 0 Å². The Bertz CT molecular complexity index is 160. The lowest BCUT2D eigenvalue weighted by atomic mass is 10.3. The summed E-state index contributed by atoms with van der Waals surface area (Å²) < 4.78 is 0. The number of rotatable bonds is 2. The Morgan fingerprint density at radius 3 is 3.00 bits per heavy atom. The second-order valence-corrected chi connectivity index (χ2v) is 2.50. The van der Waals surface area contributed by atoms with Crippen molar-refractivity contribution in [3.05, 3.63) is 24.0 Å². The first-order chi connectivity index (χ1) is 4.34. The van der Waals surface area contributed by atoms with Gasteiger partial charge in [-0.3, -0.25) is 0 Å². The fourth-order valence-electron chi connectivity index (χ4n) is 0.678. The molecule has 0 fully saturated rings. The third-order valence-corrected chi connectivity index (χ3v) is 1.69. The Morgan fingerprint density at radius 1 is 1.78 bits per heavy atom. The van der Waals surface area contributed by atoms with Gasteiger partial charge >= 0.3 is 0 Å². The van der Waals surface area contributed by atoms with E-state index < -0.39 is 0 Å². The van der Waals surface area contributed by atoms with E-state index >= 15 is 0 Å². The summed E-state index contributed by atoms with van der Waals surface area (Å²) in [5, 5.41) is 0.153. The molecule has 1 unspecified atom stereocenters. The Kier molecular flexibility index (Phi) is 2.19. The molecule has 1 rings (SSSR count). The standard InChI is InChI=1S/C6H10N2S/c7-4-6(9)5-2-1-3-8-5/h1-3,6,8-9H,4,7H2. The van der Waals surface area contributed by atoms with Crippen LogP contribution in [-0.2, 0) is 0 Å². The summed E-state index contributed by atoms with van der Waals surface area (Å²) in [7, 11) is 0. The van der Waals surface area contributed by atoms with Crippen LogP contribution < -0.4 is 5.73 Å². The van der Waals surface area contributed by atoms with Crippen LogP contribution in [0.1, 0.15) is 10.9 Å². The van der Waals surface area contributed by atoms with E-state index in [0.717, 1.165) is 5.69 Å². The third kappa shape index (κ3) is 1.50. The van der Waals surface area contributed by atoms with E-state index in [1.165, 1.54) is 0 Å². The van der Waals surface area contributed by atoms with Crippen LogP contribution >= 0.6 is 12.6 Å². The predicted octanol–water partition coefficient (Wildman–Crippen LogP) is 0.944. The topological polar surface area (TPSA) is 41.8 Å². The van der Waals surface area contributed by atoms with Crippen molar-refractivity contribution in [1.29, 1.82) is 0 Å². The van der Waals surface area contributed by atoms with Crippen LogP contribution in [0.2, 0.25) is 0 Å². The third-order valence-electron chi connectivity index (χ3n) is 1.20. The number of aromatic amines is 1. The monoisotopic (exact) mass is 142 g/mol. The minimum absolute atomic E-state index is 0.153. The molecular formula is C6H10N2S. The normalized spacial score (nSPS) is 13.6. The second-order valence-electron chi connectivity index (χ2n) is 1.88. The Labute approximate surface area is 59.9 Å². The van der Waals surface area contributed by atoms with Crippen molar-refractivity contribution < 1.29 is 0 Å². The summed E-state index contributed by atoms with van der Waals surface area (Å²) in [6.45, 7) is 0.573. The fourth-order valence-corrected chi connectivity index (χ4v) is 0.839. The summed E-state index contributed by atoms with van der Waals surface area (Å²) in [5.41, 5.74) is 6.45. The molecule has 9 heavy (non-hydrogen) atoms. The Morgan fingerprint density at radius 2 is 2.56 bits per heavy atom. The highest BCUT2D eigenvalue weighted by atomic mass is 32.1. The predicted molar refractivity (Wildman–Crippen MR) is 41.6 cm³/mol. The maximum absolute atomic E-state index is 5.37. The van der Waals surface area contributed by atoms with Crippen molar-refractivity contribution in [1.82, 2.24) is 4.98 Å². The molecule has 3 N–H and O–H groups in total. The molecule has 0 saturated heterocycles. The maximum Gasteiger partial charge on any atom is 0.0540 e. The van der Waals surface area contributed by atoms with Crippen LogP contribution in [0.25, 0.3) is 0 Å². The molecule has 50 valence electrons. The van der Waals surface area contributed by atoms with Gasteiger partial charge in [0.15, 0.2) is 0 Å². The van der Waals surface area contributed by atoms with Crippen LogP contribution in [0.3, 0.4) is 0 Å². The molecule has 0 aromatic carbocycles. The first-order valence-corrected chi connectivity index (χ1v) is 3.37. The van der Waals surface area contributed by atoms with Crippen molar-refractivity contribution in [2.75, 3.05) is 6.54 Å². The van der Waals surface area contributed by atoms with Crippen LogP contribution in [-0.4, -0.2) is 11.5 Å². The average molecular weight is 142 g/mol. The highest BCUT2D eigenvalue weighted by Gasteiger charge is 2.01. The molecule has 0 aliphatic rings. The second kappa shape index (κ2) is 2.94. The van der Waals surface area contributed by atoms with Crippen molar-refractivity contribution >= 4 is 12.6 Å². The van der Waals surface area contributed by atoms with Gasteiger partial charge in [0.05, 0.1) is 5.25 Å². The summed E-state index contributed by atoms with van der Waals surface area (Å²) in [6, 6.07) is 3.92. The zero-order chi connectivity index (χ0) is 6.69. The molecule has 0 radical (unpaired) electrons. The molecule has 1 aromatic heterocycles. The number of nitrogens with two attached hydrogens (primary N) is 1. The molecule has 0 aliphatic heterocycles. The molecule has 0 amide bonds. The molecule has 1 atom stereocenters. The molecule has 3 heteroatoms. The lowest BCUT2D eigenvalue weighted by Crippen LogP contribution is -2.06. The minimum atomic E-state index is 0.153. The number of H-pyrrole nitrogens is 1. The largest absolute Gasteiger partial charge is 0.364 e. The zero-order valence-corrected chi connectivity index (χ0v) is 5.94. The first kappa shape index (κ1) is 6.71. The Balaban J connectivity index is 2.65. The minimum Gasteiger partial charge on any atom is -0.364 e. The highest BCUT2D eigenvalue weighted by molar-refractivity contribution is 7.80. The van der Waals surface area contributed by atoms with Gasteiger partial charge in [-0.15, -0.1) is 0 Å². The smallest absolute Gasteiger partial charge is 0.0540 e. The van der Waals surface area contributed by atoms with Crippen molar-refractivity contribution in [3.8, 4) is 0 Å². The van der Waals surface area contributed by atoms with E-state index in [1.807, 2.05) is 18.3 Å². The van der Waals surface area contributed by atoms with Crippen LogP contribution in [0.4, 0.5) is 0 Å². The van der Waals surface area contributed by atoms with Crippen LogP contribution in [0.5, 0.6) is 0 Å². The zero-order valence-electron chi connectivity index (χ0n) is 5.04.